The Morgan fingerprint density at radius 3 is 2.71 bits per heavy atom. The lowest BCUT2D eigenvalue weighted by Crippen LogP contribution is -2.35. The van der Waals surface area contributed by atoms with E-state index in [9.17, 15) is 4.79 Å². The second-order valence-electron chi connectivity index (χ2n) is 6.45. The summed E-state index contributed by atoms with van der Waals surface area (Å²) in [4.78, 5) is 15.2. The topological polar surface area (TPSA) is 20.3 Å². The smallest absolute Gasteiger partial charge is 0.238 e. The van der Waals surface area contributed by atoms with E-state index in [1.54, 1.807) is 0 Å². The summed E-state index contributed by atoms with van der Waals surface area (Å²) in [5, 5.41) is 0. The number of amides is 1. The van der Waals surface area contributed by atoms with E-state index >= 15 is 0 Å². The van der Waals surface area contributed by atoms with Gasteiger partial charge in [0.1, 0.15) is 0 Å². The van der Waals surface area contributed by atoms with Crippen molar-refractivity contribution in [3.8, 4) is 0 Å². The fraction of sp³-hybridized carbons (Fsp3) is 0.421. The summed E-state index contributed by atoms with van der Waals surface area (Å²) in [7, 11) is 0. The molecule has 0 bridgehead atoms. The number of fused-ring (bicyclic) bond motifs is 2. The highest BCUT2D eigenvalue weighted by Gasteiger charge is 2.39. The van der Waals surface area contributed by atoms with E-state index in [2.05, 4.69) is 30.0 Å². The summed E-state index contributed by atoms with van der Waals surface area (Å²) in [5.74, 6) is 0.169. The highest BCUT2D eigenvalue weighted by atomic mass is 16.2. The first-order valence-electron chi connectivity index (χ1n) is 8.07. The average Bonchev–Trinajstić information content (AvgIpc) is 3.08. The molecule has 0 N–H and O–H groups in total. The lowest BCUT2D eigenvalue weighted by molar-refractivity contribution is -0.130. The number of allylic oxidation sites excluding steroid dienone is 3. The minimum atomic E-state index is -0.104. The van der Waals surface area contributed by atoms with Crippen LogP contribution in [-0.4, -0.2) is 16.8 Å². The van der Waals surface area contributed by atoms with Gasteiger partial charge in [-0.05, 0) is 55.7 Å². The van der Waals surface area contributed by atoms with Crippen LogP contribution in [0.5, 0.6) is 0 Å². The molecule has 1 amide bonds. The van der Waals surface area contributed by atoms with Crippen molar-refractivity contribution in [1.29, 1.82) is 0 Å². The van der Waals surface area contributed by atoms with Crippen molar-refractivity contribution in [3.63, 3.8) is 0 Å². The molecule has 0 aromatic heterocycles. The van der Waals surface area contributed by atoms with Crippen molar-refractivity contribution in [2.24, 2.45) is 0 Å². The SMILES string of the molecule is C[C@@H]1CCC2=C3CCCC3=C[C@H](c3ccccc3)C(=O)N21. The summed E-state index contributed by atoms with van der Waals surface area (Å²) in [6, 6.07) is 10.6. The lowest BCUT2D eigenvalue weighted by atomic mass is 9.94. The van der Waals surface area contributed by atoms with Gasteiger partial charge in [-0.1, -0.05) is 36.4 Å². The van der Waals surface area contributed by atoms with Crippen LogP contribution in [0.3, 0.4) is 0 Å². The van der Waals surface area contributed by atoms with Gasteiger partial charge in [0, 0.05) is 11.7 Å². The van der Waals surface area contributed by atoms with Crippen LogP contribution in [-0.2, 0) is 4.79 Å². The van der Waals surface area contributed by atoms with Crippen molar-refractivity contribution in [1.82, 2.24) is 4.90 Å². The molecule has 0 radical (unpaired) electrons. The van der Waals surface area contributed by atoms with Gasteiger partial charge in [0.05, 0.1) is 5.92 Å². The van der Waals surface area contributed by atoms with Crippen LogP contribution in [0.2, 0.25) is 0 Å². The molecule has 2 fully saturated rings. The molecular weight excluding hydrogens is 258 g/mol. The third-order valence-electron chi connectivity index (χ3n) is 5.17. The van der Waals surface area contributed by atoms with Gasteiger partial charge in [-0.25, -0.2) is 0 Å². The van der Waals surface area contributed by atoms with E-state index in [-0.39, 0.29) is 11.8 Å². The van der Waals surface area contributed by atoms with Gasteiger partial charge in [-0.15, -0.1) is 0 Å². The van der Waals surface area contributed by atoms with Crippen LogP contribution in [0.1, 0.15) is 50.5 Å². The number of benzene rings is 1. The molecule has 2 aliphatic heterocycles. The minimum absolute atomic E-state index is 0.104. The molecule has 0 unspecified atom stereocenters. The van der Waals surface area contributed by atoms with Gasteiger partial charge in [0.2, 0.25) is 5.91 Å². The number of rotatable bonds is 1. The van der Waals surface area contributed by atoms with Gasteiger partial charge >= 0.3 is 0 Å². The molecule has 1 aromatic carbocycles. The number of hydrogen-bond donors (Lipinski definition) is 0. The summed E-state index contributed by atoms with van der Waals surface area (Å²) >= 11 is 0. The molecule has 0 spiro atoms. The zero-order chi connectivity index (χ0) is 14.4. The molecule has 1 saturated heterocycles. The molecule has 21 heavy (non-hydrogen) atoms. The summed E-state index contributed by atoms with van der Waals surface area (Å²) < 4.78 is 0. The molecule has 2 heterocycles. The van der Waals surface area contributed by atoms with Crippen molar-refractivity contribution in [3.05, 3.63) is 58.8 Å². The lowest BCUT2D eigenvalue weighted by Gasteiger charge is -2.26. The van der Waals surface area contributed by atoms with E-state index in [0.29, 0.717) is 6.04 Å². The molecule has 2 atom stereocenters. The van der Waals surface area contributed by atoms with Crippen molar-refractivity contribution in [2.75, 3.05) is 0 Å². The van der Waals surface area contributed by atoms with Crippen LogP contribution < -0.4 is 0 Å². The maximum absolute atomic E-state index is 13.1. The second kappa shape index (κ2) is 4.87. The predicted molar refractivity (Wildman–Crippen MR) is 83.7 cm³/mol. The molecule has 3 aliphatic rings. The maximum Gasteiger partial charge on any atom is 0.238 e. The first kappa shape index (κ1) is 12.9. The molecular formula is C19H21NO. The number of nitrogens with zero attached hydrogens (tertiary/aromatic N) is 1. The third kappa shape index (κ3) is 1.97. The Bertz CT molecular complexity index is 641. The first-order chi connectivity index (χ1) is 10.3. The second-order valence-corrected chi connectivity index (χ2v) is 6.45. The van der Waals surface area contributed by atoms with Crippen LogP contribution in [0.15, 0.2) is 53.3 Å². The average molecular weight is 279 g/mol. The number of carbonyl (C=O) groups excluding carboxylic acids is 1. The molecule has 2 nitrogen and oxygen atoms in total. The van der Waals surface area contributed by atoms with Gasteiger partial charge in [0.25, 0.3) is 0 Å². The summed E-state index contributed by atoms with van der Waals surface area (Å²) in [6.07, 6.45) is 7.96. The third-order valence-corrected chi connectivity index (χ3v) is 5.17. The monoisotopic (exact) mass is 279 g/mol. The molecule has 1 aromatic rings. The Kier molecular flexibility index (Phi) is 2.99. The van der Waals surface area contributed by atoms with Gasteiger partial charge in [0.15, 0.2) is 0 Å². The van der Waals surface area contributed by atoms with Gasteiger partial charge in [-0.3, -0.25) is 4.79 Å². The normalized spacial score (nSPS) is 28.3. The quantitative estimate of drug-likeness (QED) is 0.756. The molecule has 4 rings (SSSR count). The number of carbonyl (C=O) groups is 1. The first-order valence-corrected chi connectivity index (χ1v) is 8.07. The van der Waals surface area contributed by atoms with E-state index in [4.69, 9.17) is 0 Å². The Balaban J connectivity index is 1.85. The predicted octanol–water partition coefficient (Wildman–Crippen LogP) is 4.16. The fourth-order valence-corrected chi connectivity index (χ4v) is 4.11. The Morgan fingerprint density at radius 1 is 1.10 bits per heavy atom. The molecule has 1 saturated carbocycles. The van der Waals surface area contributed by atoms with Crippen molar-refractivity contribution in [2.45, 2.75) is 51.0 Å². The minimum Gasteiger partial charge on any atom is -0.312 e. The zero-order valence-corrected chi connectivity index (χ0v) is 12.5. The highest BCUT2D eigenvalue weighted by molar-refractivity contribution is 5.89. The number of hydrogen-bond acceptors (Lipinski definition) is 1. The van der Waals surface area contributed by atoms with Crippen LogP contribution in [0.25, 0.3) is 0 Å². The largest absolute Gasteiger partial charge is 0.312 e. The van der Waals surface area contributed by atoms with Crippen LogP contribution in [0.4, 0.5) is 0 Å². The molecule has 1 aliphatic carbocycles. The highest BCUT2D eigenvalue weighted by Crippen LogP contribution is 2.44. The van der Waals surface area contributed by atoms with Gasteiger partial charge < -0.3 is 4.90 Å². The van der Waals surface area contributed by atoms with E-state index in [1.807, 2.05) is 18.2 Å². The zero-order valence-electron chi connectivity index (χ0n) is 12.5. The standard InChI is InChI=1S/C19H21NO/c1-13-10-11-18-16-9-5-8-15(16)12-17(19(21)20(13)18)14-6-3-2-4-7-14/h2-4,6-7,12-13,17H,5,8-11H2,1H3/t13-,17-/m1/s1. The van der Waals surface area contributed by atoms with E-state index in [1.165, 1.54) is 23.3 Å². The summed E-state index contributed by atoms with van der Waals surface area (Å²) in [6.45, 7) is 2.19. The van der Waals surface area contributed by atoms with Crippen molar-refractivity contribution < 1.29 is 4.79 Å². The van der Waals surface area contributed by atoms with E-state index < -0.39 is 0 Å². The maximum atomic E-state index is 13.1. The van der Waals surface area contributed by atoms with Crippen LogP contribution in [0, 0.1) is 0 Å². The van der Waals surface area contributed by atoms with Crippen molar-refractivity contribution >= 4 is 5.91 Å². The fourth-order valence-electron chi connectivity index (χ4n) is 4.11. The molecule has 108 valence electrons. The molecule has 2 heteroatoms. The Labute approximate surface area is 126 Å². The van der Waals surface area contributed by atoms with E-state index in [0.717, 1.165) is 31.2 Å². The summed E-state index contributed by atoms with van der Waals surface area (Å²) in [5.41, 5.74) is 5.37. The Hall–Kier alpha value is -1.83. The van der Waals surface area contributed by atoms with Gasteiger partial charge in [-0.2, -0.15) is 0 Å². The Morgan fingerprint density at radius 2 is 1.90 bits per heavy atom. The van der Waals surface area contributed by atoms with Crippen LogP contribution >= 0.6 is 0 Å².